The van der Waals surface area contributed by atoms with Crippen LogP contribution in [0.1, 0.15) is 24.1 Å². The molecule has 94 valence electrons. The molecule has 0 saturated carbocycles. The minimum Gasteiger partial charge on any atom is -0.378 e. The third-order valence-corrected chi connectivity index (χ3v) is 4.28. The number of hydrogen-bond acceptors (Lipinski definition) is 1. The number of anilines is 1. The van der Waals surface area contributed by atoms with E-state index < -0.39 is 0 Å². The number of rotatable bonds is 3. The molecule has 0 aromatic heterocycles. The number of halogens is 2. The van der Waals surface area contributed by atoms with Crippen molar-refractivity contribution in [1.82, 2.24) is 0 Å². The highest BCUT2D eigenvalue weighted by molar-refractivity contribution is 9.10. The molecule has 0 heterocycles. The van der Waals surface area contributed by atoms with E-state index in [1.54, 1.807) is 0 Å². The molecule has 2 aromatic rings. The van der Waals surface area contributed by atoms with Gasteiger partial charge in [0.25, 0.3) is 0 Å². The van der Waals surface area contributed by atoms with E-state index in [0.717, 1.165) is 14.6 Å². The average Bonchev–Trinajstić information content (AvgIpc) is 2.34. The van der Waals surface area contributed by atoms with E-state index in [1.165, 1.54) is 11.1 Å². The lowest BCUT2D eigenvalue weighted by atomic mass is 10.1. The number of benzene rings is 2. The molecule has 0 fully saturated rings. The molecule has 1 unspecified atom stereocenters. The summed E-state index contributed by atoms with van der Waals surface area (Å²) in [7, 11) is 0. The van der Waals surface area contributed by atoms with Gasteiger partial charge in [0.1, 0.15) is 0 Å². The van der Waals surface area contributed by atoms with Gasteiger partial charge in [-0.15, -0.1) is 0 Å². The molecule has 0 amide bonds. The highest BCUT2D eigenvalue weighted by atomic mass is 79.9. The third kappa shape index (κ3) is 3.15. The van der Waals surface area contributed by atoms with Crippen LogP contribution in [0.4, 0.5) is 5.69 Å². The van der Waals surface area contributed by atoms with Crippen molar-refractivity contribution in [3.63, 3.8) is 0 Å². The van der Waals surface area contributed by atoms with Gasteiger partial charge in [0, 0.05) is 20.7 Å². The highest BCUT2D eigenvalue weighted by Crippen LogP contribution is 2.30. The Morgan fingerprint density at radius 2 is 1.72 bits per heavy atom. The Kier molecular flexibility index (Phi) is 4.46. The maximum atomic E-state index is 3.59. The second-order valence-corrected chi connectivity index (χ2v) is 6.08. The van der Waals surface area contributed by atoms with Gasteiger partial charge in [-0.3, -0.25) is 0 Å². The molecule has 18 heavy (non-hydrogen) atoms. The van der Waals surface area contributed by atoms with Crippen LogP contribution in [0.25, 0.3) is 0 Å². The largest absolute Gasteiger partial charge is 0.378 e. The Bertz CT molecular complexity index is 552. The van der Waals surface area contributed by atoms with Crippen molar-refractivity contribution in [2.24, 2.45) is 0 Å². The zero-order valence-corrected chi connectivity index (χ0v) is 13.5. The topological polar surface area (TPSA) is 12.0 Å². The SMILES string of the molecule is Cc1ccc(Br)c(NC(C)c2ccccc2Br)c1. The van der Waals surface area contributed by atoms with Gasteiger partial charge in [-0.05, 0) is 59.1 Å². The lowest BCUT2D eigenvalue weighted by Crippen LogP contribution is -2.07. The Morgan fingerprint density at radius 1 is 1.00 bits per heavy atom. The second kappa shape index (κ2) is 5.89. The number of aryl methyl sites for hydroxylation is 1. The summed E-state index contributed by atoms with van der Waals surface area (Å²) in [4.78, 5) is 0. The summed E-state index contributed by atoms with van der Waals surface area (Å²) in [6, 6.07) is 14.9. The monoisotopic (exact) mass is 367 g/mol. The number of nitrogens with one attached hydrogen (secondary N) is 1. The van der Waals surface area contributed by atoms with E-state index in [4.69, 9.17) is 0 Å². The van der Waals surface area contributed by atoms with Crippen molar-refractivity contribution in [2.45, 2.75) is 19.9 Å². The summed E-state index contributed by atoms with van der Waals surface area (Å²) < 4.78 is 2.22. The Morgan fingerprint density at radius 3 is 2.44 bits per heavy atom. The van der Waals surface area contributed by atoms with E-state index in [-0.39, 0.29) is 6.04 Å². The smallest absolute Gasteiger partial charge is 0.0497 e. The second-order valence-electron chi connectivity index (χ2n) is 4.37. The van der Waals surface area contributed by atoms with Gasteiger partial charge in [0.05, 0.1) is 0 Å². The molecule has 1 nitrogen and oxygen atoms in total. The summed E-state index contributed by atoms with van der Waals surface area (Å²) in [6.45, 7) is 4.26. The van der Waals surface area contributed by atoms with Gasteiger partial charge in [0.15, 0.2) is 0 Å². The summed E-state index contributed by atoms with van der Waals surface area (Å²) in [5, 5.41) is 3.53. The standard InChI is InChI=1S/C15H15Br2N/c1-10-7-8-14(17)15(9-10)18-11(2)12-5-3-4-6-13(12)16/h3-9,11,18H,1-2H3. The van der Waals surface area contributed by atoms with Crippen molar-refractivity contribution in [2.75, 3.05) is 5.32 Å². The first-order valence-electron chi connectivity index (χ1n) is 5.85. The predicted molar refractivity (Wildman–Crippen MR) is 85.1 cm³/mol. The molecule has 0 aliphatic heterocycles. The van der Waals surface area contributed by atoms with Crippen molar-refractivity contribution in [3.05, 3.63) is 62.5 Å². The molecule has 2 rings (SSSR count). The van der Waals surface area contributed by atoms with Crippen LogP contribution in [0.2, 0.25) is 0 Å². The molecule has 0 aliphatic carbocycles. The fourth-order valence-electron chi connectivity index (χ4n) is 1.89. The summed E-state index contributed by atoms with van der Waals surface area (Å²) in [5.74, 6) is 0. The van der Waals surface area contributed by atoms with Gasteiger partial charge in [-0.2, -0.15) is 0 Å². The minimum atomic E-state index is 0.249. The predicted octanol–water partition coefficient (Wildman–Crippen LogP) is 5.69. The van der Waals surface area contributed by atoms with E-state index in [9.17, 15) is 0 Å². The zero-order chi connectivity index (χ0) is 13.1. The Labute approximate surface area is 125 Å². The first kappa shape index (κ1) is 13.6. The molecule has 1 N–H and O–H groups in total. The van der Waals surface area contributed by atoms with Crippen LogP contribution in [-0.4, -0.2) is 0 Å². The highest BCUT2D eigenvalue weighted by Gasteiger charge is 2.10. The van der Waals surface area contributed by atoms with Crippen LogP contribution in [-0.2, 0) is 0 Å². The van der Waals surface area contributed by atoms with Crippen molar-refractivity contribution < 1.29 is 0 Å². The molecule has 3 heteroatoms. The van der Waals surface area contributed by atoms with E-state index in [1.807, 2.05) is 6.07 Å². The van der Waals surface area contributed by atoms with Gasteiger partial charge in [0.2, 0.25) is 0 Å². The van der Waals surface area contributed by atoms with Gasteiger partial charge >= 0.3 is 0 Å². The molecular formula is C15H15Br2N. The summed E-state index contributed by atoms with van der Waals surface area (Å²) >= 11 is 7.17. The fraction of sp³-hybridized carbons (Fsp3) is 0.200. The molecule has 0 bridgehead atoms. The van der Waals surface area contributed by atoms with Gasteiger partial charge in [-0.25, -0.2) is 0 Å². The first-order valence-corrected chi connectivity index (χ1v) is 7.43. The van der Waals surface area contributed by atoms with E-state index in [2.05, 4.69) is 87.4 Å². The fourth-order valence-corrected chi connectivity index (χ4v) is 2.88. The quantitative estimate of drug-likeness (QED) is 0.733. The molecule has 0 spiro atoms. The van der Waals surface area contributed by atoms with Crippen molar-refractivity contribution >= 4 is 37.5 Å². The van der Waals surface area contributed by atoms with E-state index >= 15 is 0 Å². The van der Waals surface area contributed by atoms with Crippen molar-refractivity contribution in [1.29, 1.82) is 0 Å². The lowest BCUT2D eigenvalue weighted by Gasteiger charge is -2.18. The van der Waals surface area contributed by atoms with Crippen LogP contribution in [0.5, 0.6) is 0 Å². The van der Waals surface area contributed by atoms with Gasteiger partial charge in [-0.1, -0.05) is 40.2 Å². The maximum absolute atomic E-state index is 3.59. The Balaban J connectivity index is 2.24. The molecule has 0 aliphatic rings. The minimum absolute atomic E-state index is 0.249. The van der Waals surface area contributed by atoms with Crippen LogP contribution in [0, 0.1) is 6.92 Å². The van der Waals surface area contributed by atoms with Crippen LogP contribution >= 0.6 is 31.9 Å². The summed E-state index contributed by atoms with van der Waals surface area (Å²) in [5.41, 5.74) is 3.63. The normalized spacial score (nSPS) is 12.2. The molecule has 1 atom stereocenters. The lowest BCUT2D eigenvalue weighted by molar-refractivity contribution is 0.877. The van der Waals surface area contributed by atoms with Crippen LogP contribution < -0.4 is 5.32 Å². The van der Waals surface area contributed by atoms with Gasteiger partial charge < -0.3 is 5.32 Å². The molecular weight excluding hydrogens is 354 g/mol. The first-order chi connectivity index (χ1) is 8.58. The van der Waals surface area contributed by atoms with Crippen LogP contribution in [0.3, 0.4) is 0 Å². The van der Waals surface area contributed by atoms with Crippen LogP contribution in [0.15, 0.2) is 51.4 Å². The molecule has 0 radical (unpaired) electrons. The molecule has 0 saturated heterocycles. The maximum Gasteiger partial charge on any atom is 0.0497 e. The third-order valence-electron chi connectivity index (χ3n) is 2.87. The zero-order valence-electron chi connectivity index (χ0n) is 10.4. The van der Waals surface area contributed by atoms with Crippen molar-refractivity contribution in [3.8, 4) is 0 Å². The Hall–Kier alpha value is -0.800. The van der Waals surface area contributed by atoms with E-state index in [0.29, 0.717) is 0 Å². The number of hydrogen-bond donors (Lipinski definition) is 1. The summed E-state index contributed by atoms with van der Waals surface area (Å²) in [6.07, 6.45) is 0. The molecule has 2 aromatic carbocycles. The average molecular weight is 369 g/mol.